The number of rotatable bonds is 4. The third kappa shape index (κ3) is 3.64. The molecule has 21 heavy (non-hydrogen) atoms. The van der Waals surface area contributed by atoms with Gasteiger partial charge in [-0.15, -0.1) is 0 Å². The Morgan fingerprint density at radius 3 is 2.38 bits per heavy atom. The van der Waals surface area contributed by atoms with E-state index in [4.69, 9.17) is 11.6 Å². The van der Waals surface area contributed by atoms with Gasteiger partial charge in [-0.05, 0) is 12.1 Å². The fraction of sp³-hybridized carbons (Fsp3) is 0.0667. The zero-order valence-corrected chi connectivity index (χ0v) is 11.5. The van der Waals surface area contributed by atoms with Crippen molar-refractivity contribution in [3.63, 3.8) is 0 Å². The fourth-order valence-electron chi connectivity index (χ4n) is 1.68. The van der Waals surface area contributed by atoms with Crippen molar-refractivity contribution in [2.45, 2.75) is 0 Å². The van der Waals surface area contributed by atoms with Crippen molar-refractivity contribution in [2.24, 2.45) is 0 Å². The maximum absolute atomic E-state index is 13.5. The number of amides is 1. The Labute approximate surface area is 124 Å². The molecule has 0 atom stereocenters. The van der Waals surface area contributed by atoms with Gasteiger partial charge in [0.2, 0.25) is 0 Å². The molecule has 2 aromatic carbocycles. The van der Waals surface area contributed by atoms with Crippen LogP contribution in [0, 0.1) is 11.6 Å². The minimum atomic E-state index is -0.953. The zero-order chi connectivity index (χ0) is 15.4. The number of ketones is 1. The van der Waals surface area contributed by atoms with Crippen molar-refractivity contribution in [2.75, 3.05) is 6.54 Å². The number of hydrogen-bond acceptors (Lipinski definition) is 2. The quantitative estimate of drug-likeness (QED) is 0.696. The molecule has 0 bridgehead atoms. The molecule has 0 heterocycles. The summed E-state index contributed by atoms with van der Waals surface area (Å²) in [4.78, 5) is 23.5. The third-order valence-corrected chi connectivity index (χ3v) is 3.05. The lowest BCUT2D eigenvalue weighted by atomic mass is 10.1. The van der Waals surface area contributed by atoms with Gasteiger partial charge in [0.15, 0.2) is 5.78 Å². The molecular formula is C15H10ClF2NO2. The maximum Gasteiger partial charge on any atom is 0.254 e. The number of Topliss-reactive ketones (excluding diaryl/α,β-unsaturated/α-hetero) is 1. The van der Waals surface area contributed by atoms with E-state index < -0.39 is 28.1 Å². The van der Waals surface area contributed by atoms with Gasteiger partial charge in [0.25, 0.3) is 5.91 Å². The Balaban J connectivity index is 2.06. The van der Waals surface area contributed by atoms with Crippen LogP contribution in [0.15, 0.2) is 42.5 Å². The highest BCUT2D eigenvalue weighted by molar-refractivity contribution is 6.30. The molecule has 2 rings (SSSR count). The van der Waals surface area contributed by atoms with Gasteiger partial charge in [-0.25, -0.2) is 8.78 Å². The van der Waals surface area contributed by atoms with Crippen LogP contribution in [0.3, 0.4) is 0 Å². The molecule has 6 heteroatoms. The fourth-order valence-corrected chi connectivity index (χ4v) is 1.83. The van der Waals surface area contributed by atoms with Gasteiger partial charge in [0, 0.05) is 5.56 Å². The van der Waals surface area contributed by atoms with E-state index in [-0.39, 0.29) is 12.3 Å². The Bertz CT molecular complexity index is 690. The molecular weight excluding hydrogens is 300 g/mol. The summed E-state index contributed by atoms with van der Waals surface area (Å²) >= 11 is 5.40. The highest BCUT2D eigenvalue weighted by Gasteiger charge is 2.16. The minimum absolute atomic E-state index is 0.313. The highest BCUT2D eigenvalue weighted by Crippen LogP contribution is 2.19. The Hall–Kier alpha value is -2.27. The molecule has 3 nitrogen and oxygen atoms in total. The SMILES string of the molecule is O=C(CNC(=O)c1cc(F)c(Cl)cc1F)c1ccccc1. The summed E-state index contributed by atoms with van der Waals surface area (Å²) < 4.78 is 26.8. The summed E-state index contributed by atoms with van der Waals surface area (Å²) in [6.45, 7) is -0.313. The molecule has 0 aliphatic carbocycles. The Kier molecular flexibility index (Phi) is 4.65. The number of halogens is 3. The second-order valence-corrected chi connectivity index (χ2v) is 4.63. The molecule has 0 fully saturated rings. The summed E-state index contributed by atoms with van der Waals surface area (Å²) in [6, 6.07) is 9.71. The summed E-state index contributed by atoms with van der Waals surface area (Å²) in [7, 11) is 0. The average Bonchev–Trinajstić information content (AvgIpc) is 2.49. The van der Waals surface area contributed by atoms with Gasteiger partial charge in [0.1, 0.15) is 11.6 Å². The largest absolute Gasteiger partial charge is 0.344 e. The van der Waals surface area contributed by atoms with Crippen molar-refractivity contribution in [1.82, 2.24) is 5.32 Å². The lowest BCUT2D eigenvalue weighted by molar-refractivity contribution is 0.0901. The molecule has 108 valence electrons. The van der Waals surface area contributed by atoms with Crippen LogP contribution >= 0.6 is 11.6 Å². The Morgan fingerprint density at radius 2 is 1.71 bits per heavy atom. The van der Waals surface area contributed by atoms with Crippen LogP contribution in [0.5, 0.6) is 0 Å². The summed E-state index contributed by atoms with van der Waals surface area (Å²) in [6.07, 6.45) is 0. The summed E-state index contributed by atoms with van der Waals surface area (Å²) in [5, 5.41) is 1.83. The van der Waals surface area contributed by atoms with E-state index >= 15 is 0 Å². The van der Waals surface area contributed by atoms with Crippen LogP contribution in [0.2, 0.25) is 5.02 Å². The number of hydrogen-bond donors (Lipinski definition) is 1. The molecule has 2 aromatic rings. The normalized spacial score (nSPS) is 10.2. The Morgan fingerprint density at radius 1 is 1.05 bits per heavy atom. The number of nitrogens with one attached hydrogen (secondary N) is 1. The smallest absolute Gasteiger partial charge is 0.254 e. The number of carbonyl (C=O) groups is 2. The van der Waals surface area contributed by atoms with E-state index in [1.807, 2.05) is 0 Å². The lowest BCUT2D eigenvalue weighted by Crippen LogP contribution is -2.30. The molecule has 1 N–H and O–H groups in total. The van der Waals surface area contributed by atoms with Gasteiger partial charge in [-0.2, -0.15) is 0 Å². The lowest BCUT2D eigenvalue weighted by Gasteiger charge is -2.06. The molecule has 0 radical (unpaired) electrons. The van der Waals surface area contributed by atoms with E-state index in [1.54, 1.807) is 30.3 Å². The predicted octanol–water partition coefficient (Wildman–Crippen LogP) is 3.23. The van der Waals surface area contributed by atoms with E-state index in [0.29, 0.717) is 17.7 Å². The second kappa shape index (κ2) is 6.45. The standard InChI is InChI=1S/C15H10ClF2NO2/c16-11-7-12(17)10(6-13(11)18)15(21)19-8-14(20)9-4-2-1-3-5-9/h1-7H,8H2,(H,19,21). The van der Waals surface area contributed by atoms with Crippen LogP contribution in [-0.4, -0.2) is 18.2 Å². The molecule has 0 aliphatic heterocycles. The summed E-state index contributed by atoms with van der Waals surface area (Å²) in [5.41, 5.74) is -0.0849. The molecule has 0 aliphatic rings. The number of carbonyl (C=O) groups excluding carboxylic acids is 2. The molecule has 1 amide bonds. The first-order valence-electron chi connectivity index (χ1n) is 6.00. The highest BCUT2D eigenvalue weighted by atomic mass is 35.5. The second-order valence-electron chi connectivity index (χ2n) is 4.22. The van der Waals surface area contributed by atoms with Crippen molar-refractivity contribution < 1.29 is 18.4 Å². The van der Waals surface area contributed by atoms with Crippen molar-refractivity contribution in [3.05, 3.63) is 70.2 Å². The first-order chi connectivity index (χ1) is 9.99. The van der Waals surface area contributed by atoms with Gasteiger partial charge in [-0.3, -0.25) is 9.59 Å². The topological polar surface area (TPSA) is 46.2 Å². The first-order valence-corrected chi connectivity index (χ1v) is 6.38. The van der Waals surface area contributed by atoms with E-state index in [1.165, 1.54) is 0 Å². The molecule has 0 aromatic heterocycles. The van der Waals surface area contributed by atoms with Crippen LogP contribution in [0.25, 0.3) is 0 Å². The van der Waals surface area contributed by atoms with Crippen molar-refractivity contribution in [1.29, 1.82) is 0 Å². The zero-order valence-electron chi connectivity index (χ0n) is 10.7. The van der Waals surface area contributed by atoms with Gasteiger partial charge >= 0.3 is 0 Å². The van der Waals surface area contributed by atoms with Gasteiger partial charge < -0.3 is 5.32 Å². The maximum atomic E-state index is 13.5. The van der Waals surface area contributed by atoms with E-state index in [9.17, 15) is 18.4 Å². The van der Waals surface area contributed by atoms with Gasteiger partial charge in [-0.1, -0.05) is 41.9 Å². The van der Waals surface area contributed by atoms with Crippen molar-refractivity contribution >= 4 is 23.3 Å². The van der Waals surface area contributed by atoms with Crippen LogP contribution < -0.4 is 5.32 Å². The predicted molar refractivity (Wildman–Crippen MR) is 74.5 cm³/mol. The van der Waals surface area contributed by atoms with Crippen LogP contribution in [-0.2, 0) is 0 Å². The molecule has 0 saturated heterocycles. The molecule has 0 unspecified atom stereocenters. The average molecular weight is 310 g/mol. The first kappa shape index (κ1) is 15.1. The monoisotopic (exact) mass is 309 g/mol. The summed E-state index contributed by atoms with van der Waals surface area (Å²) in [5.74, 6) is -3.07. The van der Waals surface area contributed by atoms with Crippen LogP contribution in [0.1, 0.15) is 20.7 Å². The molecule has 0 saturated carbocycles. The molecule has 0 spiro atoms. The van der Waals surface area contributed by atoms with Crippen molar-refractivity contribution in [3.8, 4) is 0 Å². The van der Waals surface area contributed by atoms with Crippen LogP contribution in [0.4, 0.5) is 8.78 Å². The third-order valence-electron chi connectivity index (χ3n) is 2.76. The number of benzene rings is 2. The minimum Gasteiger partial charge on any atom is -0.344 e. The van der Waals surface area contributed by atoms with E-state index in [2.05, 4.69) is 5.32 Å². The van der Waals surface area contributed by atoms with Gasteiger partial charge in [0.05, 0.1) is 17.1 Å². The van der Waals surface area contributed by atoms with E-state index in [0.717, 1.165) is 0 Å².